The predicted molar refractivity (Wildman–Crippen MR) is 138 cm³/mol. The van der Waals surface area contributed by atoms with Crippen LogP contribution in [0, 0.1) is 0 Å². The first-order chi connectivity index (χ1) is 18.1. The van der Waals surface area contributed by atoms with Crippen LogP contribution in [0.2, 0.25) is 5.02 Å². The summed E-state index contributed by atoms with van der Waals surface area (Å²) >= 11 is 6.32. The minimum absolute atomic E-state index is 0.0522. The molecular weight excluding hydrogens is 492 g/mol. The standard InChI is InChI=1S/C26H21ClN8O2/c1-37-26(36)31-21-6-2-16(3-7-21)19-13-30-34(14-19)24-8-4-17-10-18(12-28-25(17)24)22-11-20(27)5-9-23(22)35-15-29-32-33-35/h2-3,5-7,9-15,24H,4,8H2,1H3,(H,31,36). The third kappa shape index (κ3) is 4.43. The predicted octanol–water partition coefficient (Wildman–Crippen LogP) is 4.96. The molecule has 1 N–H and O–H groups in total. The number of hydrogen-bond donors (Lipinski definition) is 1. The smallest absolute Gasteiger partial charge is 0.411 e. The van der Waals surface area contributed by atoms with E-state index in [2.05, 4.69) is 36.7 Å². The number of fused-ring (bicyclic) bond motifs is 1. The number of ether oxygens (including phenoxy) is 1. The highest BCUT2D eigenvalue weighted by atomic mass is 35.5. The molecule has 1 unspecified atom stereocenters. The topological polar surface area (TPSA) is 113 Å². The summed E-state index contributed by atoms with van der Waals surface area (Å²) < 4.78 is 8.22. The van der Waals surface area contributed by atoms with Gasteiger partial charge in [-0.3, -0.25) is 15.0 Å². The highest BCUT2D eigenvalue weighted by Crippen LogP contribution is 2.37. The van der Waals surface area contributed by atoms with Gasteiger partial charge < -0.3 is 4.74 Å². The maximum Gasteiger partial charge on any atom is 0.411 e. The van der Waals surface area contributed by atoms with Crippen LogP contribution in [0.5, 0.6) is 0 Å². The molecule has 0 saturated heterocycles. The molecule has 0 saturated carbocycles. The molecule has 37 heavy (non-hydrogen) atoms. The lowest BCUT2D eigenvalue weighted by molar-refractivity contribution is 0.187. The molecule has 0 radical (unpaired) electrons. The number of carbonyl (C=O) groups is 1. The number of tetrazole rings is 1. The average molecular weight is 513 g/mol. The molecule has 0 bridgehead atoms. The molecule has 6 rings (SSSR count). The molecule has 1 aliphatic rings. The first-order valence-corrected chi connectivity index (χ1v) is 12.0. The van der Waals surface area contributed by atoms with E-state index >= 15 is 0 Å². The van der Waals surface area contributed by atoms with E-state index in [1.165, 1.54) is 12.7 Å². The van der Waals surface area contributed by atoms with Crippen molar-refractivity contribution in [3.05, 3.63) is 89.7 Å². The summed E-state index contributed by atoms with van der Waals surface area (Å²) in [6, 6.07) is 15.4. The van der Waals surface area contributed by atoms with Gasteiger partial charge in [0, 0.05) is 39.8 Å². The molecule has 3 heterocycles. The molecule has 11 heteroatoms. The van der Waals surface area contributed by atoms with Crippen molar-refractivity contribution in [2.45, 2.75) is 18.9 Å². The molecule has 0 aliphatic heterocycles. The number of carbonyl (C=O) groups excluding carboxylic acids is 1. The van der Waals surface area contributed by atoms with Gasteiger partial charge >= 0.3 is 6.09 Å². The van der Waals surface area contributed by atoms with E-state index in [-0.39, 0.29) is 6.04 Å². The monoisotopic (exact) mass is 512 g/mol. The van der Waals surface area contributed by atoms with Gasteiger partial charge in [-0.05, 0) is 70.8 Å². The average Bonchev–Trinajstić information content (AvgIpc) is 3.69. The number of amides is 1. The van der Waals surface area contributed by atoms with Crippen molar-refractivity contribution in [3.63, 3.8) is 0 Å². The number of pyridine rings is 1. The number of methoxy groups -OCH3 is 1. The van der Waals surface area contributed by atoms with Gasteiger partial charge in [0.05, 0.1) is 30.7 Å². The van der Waals surface area contributed by atoms with Gasteiger partial charge in [-0.25, -0.2) is 4.79 Å². The van der Waals surface area contributed by atoms with Crippen LogP contribution >= 0.6 is 11.6 Å². The summed E-state index contributed by atoms with van der Waals surface area (Å²) in [5, 5.41) is 19.5. The highest BCUT2D eigenvalue weighted by Gasteiger charge is 2.27. The first kappa shape index (κ1) is 22.9. The third-order valence-electron chi connectivity index (χ3n) is 6.44. The summed E-state index contributed by atoms with van der Waals surface area (Å²) in [5.41, 5.74) is 7.53. The van der Waals surface area contributed by atoms with Gasteiger partial charge in [0.25, 0.3) is 0 Å². The van der Waals surface area contributed by atoms with Crippen LogP contribution in [0.15, 0.2) is 73.4 Å². The zero-order chi connectivity index (χ0) is 25.4. The van der Waals surface area contributed by atoms with Crippen LogP contribution in [0.25, 0.3) is 27.9 Å². The van der Waals surface area contributed by atoms with Gasteiger partial charge in [0.2, 0.25) is 0 Å². The Morgan fingerprint density at radius 2 is 1.95 bits per heavy atom. The van der Waals surface area contributed by atoms with Crippen molar-refractivity contribution >= 4 is 23.4 Å². The highest BCUT2D eigenvalue weighted by molar-refractivity contribution is 6.31. The lowest BCUT2D eigenvalue weighted by Crippen LogP contribution is -2.10. The maximum atomic E-state index is 11.4. The van der Waals surface area contributed by atoms with Gasteiger partial charge in [0.1, 0.15) is 6.33 Å². The van der Waals surface area contributed by atoms with E-state index in [1.807, 2.05) is 65.7 Å². The van der Waals surface area contributed by atoms with E-state index in [4.69, 9.17) is 16.6 Å². The van der Waals surface area contributed by atoms with Gasteiger partial charge in [0.15, 0.2) is 0 Å². The number of hydrogen-bond acceptors (Lipinski definition) is 7. The largest absolute Gasteiger partial charge is 0.453 e. The Morgan fingerprint density at radius 3 is 2.73 bits per heavy atom. The summed E-state index contributed by atoms with van der Waals surface area (Å²) in [6.07, 6.45) is 8.60. The van der Waals surface area contributed by atoms with Crippen molar-refractivity contribution in [3.8, 4) is 27.9 Å². The van der Waals surface area contributed by atoms with E-state index in [1.54, 1.807) is 11.0 Å². The minimum Gasteiger partial charge on any atom is -0.453 e. The number of nitrogens with zero attached hydrogens (tertiary/aromatic N) is 7. The Labute approximate surface area is 216 Å². The fourth-order valence-corrected chi connectivity index (χ4v) is 4.81. The molecule has 1 atom stereocenters. The zero-order valence-electron chi connectivity index (χ0n) is 19.7. The zero-order valence-corrected chi connectivity index (χ0v) is 20.5. The lowest BCUT2D eigenvalue weighted by Gasteiger charge is -2.13. The van der Waals surface area contributed by atoms with Crippen LogP contribution in [0.3, 0.4) is 0 Å². The first-order valence-electron chi connectivity index (χ1n) is 11.6. The molecular formula is C26H21ClN8O2. The lowest BCUT2D eigenvalue weighted by atomic mass is 10.0. The fourth-order valence-electron chi connectivity index (χ4n) is 4.64. The van der Waals surface area contributed by atoms with E-state index in [0.29, 0.717) is 10.7 Å². The van der Waals surface area contributed by atoms with Crippen LogP contribution in [0.4, 0.5) is 10.5 Å². The van der Waals surface area contributed by atoms with Crippen molar-refractivity contribution in [2.75, 3.05) is 12.4 Å². The van der Waals surface area contributed by atoms with Crippen LogP contribution < -0.4 is 5.32 Å². The van der Waals surface area contributed by atoms with Crippen LogP contribution in [-0.4, -0.2) is 48.2 Å². The number of rotatable bonds is 5. The molecule has 2 aromatic carbocycles. The Bertz CT molecular complexity index is 1580. The summed E-state index contributed by atoms with van der Waals surface area (Å²) in [4.78, 5) is 16.3. The van der Waals surface area contributed by atoms with Gasteiger partial charge in [-0.15, -0.1) is 5.10 Å². The Balaban J connectivity index is 1.26. The van der Waals surface area contributed by atoms with E-state index in [0.717, 1.165) is 46.5 Å². The van der Waals surface area contributed by atoms with Crippen molar-refractivity contribution in [2.24, 2.45) is 0 Å². The SMILES string of the molecule is COC(=O)Nc1ccc(-c2cnn(C3CCc4cc(-c5cc(Cl)ccc5-n5cnnn5)cnc43)c2)cc1. The second kappa shape index (κ2) is 9.47. The quantitative estimate of drug-likeness (QED) is 0.354. The number of aryl methyl sites for hydroxylation is 1. The molecule has 1 aliphatic carbocycles. The van der Waals surface area contributed by atoms with Gasteiger partial charge in [-0.1, -0.05) is 23.7 Å². The normalized spacial score (nSPS) is 14.4. The molecule has 184 valence electrons. The summed E-state index contributed by atoms with van der Waals surface area (Å²) in [6.45, 7) is 0. The van der Waals surface area contributed by atoms with Crippen molar-refractivity contribution in [1.82, 2.24) is 35.0 Å². The fraction of sp³-hybridized carbons (Fsp3) is 0.154. The van der Waals surface area contributed by atoms with E-state index < -0.39 is 6.09 Å². The molecule has 3 aromatic heterocycles. The second-order valence-electron chi connectivity index (χ2n) is 8.64. The summed E-state index contributed by atoms with van der Waals surface area (Å²) in [5.74, 6) is 0. The number of nitrogens with one attached hydrogen (secondary N) is 1. The molecule has 0 spiro atoms. The van der Waals surface area contributed by atoms with Gasteiger partial charge in [-0.2, -0.15) is 9.78 Å². The van der Waals surface area contributed by atoms with Crippen molar-refractivity contribution in [1.29, 1.82) is 0 Å². The van der Waals surface area contributed by atoms with E-state index in [9.17, 15) is 4.79 Å². The van der Waals surface area contributed by atoms with Crippen molar-refractivity contribution < 1.29 is 9.53 Å². The molecule has 5 aromatic rings. The van der Waals surface area contributed by atoms with Crippen LogP contribution in [-0.2, 0) is 11.2 Å². The van der Waals surface area contributed by atoms with Crippen LogP contribution in [0.1, 0.15) is 23.7 Å². The number of anilines is 1. The number of aromatic nitrogens is 7. The molecule has 0 fully saturated rings. The maximum absolute atomic E-state index is 11.4. The molecule has 1 amide bonds. The Kier molecular flexibility index (Phi) is 5.85. The number of benzene rings is 2. The molecule has 10 nitrogen and oxygen atoms in total. The second-order valence-corrected chi connectivity index (χ2v) is 9.08. The Morgan fingerprint density at radius 1 is 1.08 bits per heavy atom. The number of halogens is 1. The Hall–Kier alpha value is -4.57. The minimum atomic E-state index is -0.502. The third-order valence-corrected chi connectivity index (χ3v) is 6.68. The summed E-state index contributed by atoms with van der Waals surface area (Å²) in [7, 11) is 1.33.